The predicted molar refractivity (Wildman–Crippen MR) is 145 cm³/mol. The van der Waals surface area contributed by atoms with Crippen LogP contribution in [0.4, 0.5) is 11.6 Å². The first-order valence-electron chi connectivity index (χ1n) is 13.8. The number of aromatic nitrogens is 3. The first-order chi connectivity index (χ1) is 17.7. The van der Waals surface area contributed by atoms with Crippen LogP contribution in [0.2, 0.25) is 25.7 Å². The molecule has 0 atom stereocenters. The molecule has 2 aromatic rings. The minimum absolute atomic E-state index is 0.0598. The normalized spacial score (nSPS) is 18.8. The van der Waals surface area contributed by atoms with Gasteiger partial charge in [-0.1, -0.05) is 25.7 Å². The third-order valence-electron chi connectivity index (χ3n) is 8.04. The van der Waals surface area contributed by atoms with Crippen molar-refractivity contribution in [2.75, 3.05) is 31.6 Å². The monoisotopic (exact) mass is 548 g/mol. The Morgan fingerprint density at radius 1 is 1.14 bits per heavy atom. The molecule has 1 aromatic heterocycles. The number of hydrogen-bond donors (Lipinski definition) is 3. The first kappa shape index (κ1) is 26.8. The van der Waals surface area contributed by atoms with Gasteiger partial charge < -0.3 is 9.84 Å². The van der Waals surface area contributed by atoms with Crippen LogP contribution in [-0.2, 0) is 47.2 Å². The van der Waals surface area contributed by atoms with Crippen molar-refractivity contribution in [1.29, 1.82) is 0 Å². The molecule has 204 valence electrons. The third kappa shape index (κ3) is 5.80. The lowest BCUT2D eigenvalue weighted by Gasteiger charge is -2.28. The number of aryl methyl sites for hydroxylation is 2. The number of nitrogens with one attached hydrogen (secondary N) is 2. The molecule has 2 heterocycles. The molecule has 0 bridgehead atoms. The summed E-state index contributed by atoms with van der Waals surface area (Å²) in [6.07, 6.45) is 7.88. The van der Waals surface area contributed by atoms with E-state index in [4.69, 9.17) is 4.74 Å². The van der Waals surface area contributed by atoms with Gasteiger partial charge >= 0.3 is 11.1 Å². The van der Waals surface area contributed by atoms with Crippen LogP contribution in [-0.4, -0.2) is 62.3 Å². The van der Waals surface area contributed by atoms with Crippen molar-refractivity contribution >= 4 is 29.7 Å². The average Bonchev–Trinajstić information content (AvgIpc) is 3.61. The molecule has 2 aliphatic carbocycles. The van der Waals surface area contributed by atoms with Crippen LogP contribution < -0.4 is 10.00 Å². The number of sulfonamides is 1. The average molecular weight is 549 g/mol. The van der Waals surface area contributed by atoms with E-state index in [9.17, 15) is 13.5 Å². The number of aliphatic hydroxyl groups excluding tert-OH is 1. The summed E-state index contributed by atoms with van der Waals surface area (Å²) in [7, 11) is -5.03. The number of benzene rings is 1. The Labute approximate surface area is 221 Å². The molecule has 1 aliphatic heterocycles. The Kier molecular flexibility index (Phi) is 7.79. The number of rotatable bonds is 10. The Morgan fingerprint density at radius 2 is 1.78 bits per heavy atom. The molecule has 1 aromatic carbocycles. The molecule has 0 amide bonds. The molecule has 3 N–H and O–H groups in total. The number of aromatic amines is 1. The smallest absolute Gasteiger partial charge is 0.396 e. The van der Waals surface area contributed by atoms with E-state index in [1.165, 1.54) is 26.6 Å². The fraction of sp³-hybridized carbons (Fsp3) is 0.692. The number of H-pyrrole nitrogens is 1. The van der Waals surface area contributed by atoms with Crippen LogP contribution in [0.25, 0.3) is 0 Å². The lowest BCUT2D eigenvalue weighted by atomic mass is 9.99. The first-order valence-corrected chi connectivity index (χ1v) is 18.9. The van der Waals surface area contributed by atoms with Gasteiger partial charge in [-0.05, 0) is 90.6 Å². The fourth-order valence-corrected chi connectivity index (χ4v) is 7.84. The van der Waals surface area contributed by atoms with Gasteiger partial charge in [0.1, 0.15) is 5.69 Å². The predicted octanol–water partition coefficient (Wildman–Crippen LogP) is 3.12. The minimum atomic E-state index is -3.79. The third-order valence-corrected chi connectivity index (χ3v) is 11.5. The van der Waals surface area contributed by atoms with Gasteiger partial charge in [-0.3, -0.25) is 0 Å². The van der Waals surface area contributed by atoms with Crippen LogP contribution in [0.15, 0.2) is 11.2 Å². The van der Waals surface area contributed by atoms with Crippen LogP contribution in [0.3, 0.4) is 0 Å². The van der Waals surface area contributed by atoms with E-state index in [0.717, 1.165) is 50.3 Å². The highest BCUT2D eigenvalue weighted by atomic mass is 32.2. The Balaban J connectivity index is 1.44. The highest BCUT2D eigenvalue weighted by Crippen LogP contribution is 2.39. The molecule has 9 nitrogen and oxygen atoms in total. The molecule has 3 aliphatic rings. The number of fused-ring (bicyclic) bond motifs is 2. The van der Waals surface area contributed by atoms with Gasteiger partial charge in [0.05, 0.1) is 0 Å². The quantitative estimate of drug-likeness (QED) is 0.239. The highest BCUT2D eigenvalue weighted by molar-refractivity contribution is 7.88. The summed E-state index contributed by atoms with van der Waals surface area (Å²) in [6.45, 7) is 8.67. The van der Waals surface area contributed by atoms with Crippen molar-refractivity contribution < 1.29 is 22.9 Å². The number of aliphatic hydroxyl groups is 1. The van der Waals surface area contributed by atoms with Crippen LogP contribution in [0, 0.1) is 5.92 Å². The number of ether oxygens (including phenoxy) is 1. The van der Waals surface area contributed by atoms with Crippen LogP contribution in [0.5, 0.6) is 0 Å². The van der Waals surface area contributed by atoms with Crippen LogP contribution in [0.1, 0.15) is 47.9 Å². The summed E-state index contributed by atoms with van der Waals surface area (Å²) in [4.78, 5) is 4.62. The Morgan fingerprint density at radius 3 is 2.38 bits per heavy atom. The zero-order valence-electron chi connectivity index (χ0n) is 22.5. The van der Waals surface area contributed by atoms with Gasteiger partial charge in [0, 0.05) is 34.4 Å². The van der Waals surface area contributed by atoms with E-state index < -0.39 is 18.1 Å². The van der Waals surface area contributed by atoms with Crippen molar-refractivity contribution in [2.45, 2.75) is 88.9 Å². The summed E-state index contributed by atoms with van der Waals surface area (Å²) in [5, 5.41) is 16.0. The lowest BCUT2D eigenvalue weighted by Crippen LogP contribution is -2.42. The second kappa shape index (κ2) is 10.8. The molecule has 0 unspecified atom stereocenters. The minimum Gasteiger partial charge on any atom is -0.396 e. The van der Waals surface area contributed by atoms with Gasteiger partial charge in [0.25, 0.3) is 10.0 Å². The van der Waals surface area contributed by atoms with Crippen molar-refractivity contribution in [3.8, 4) is 0 Å². The lowest BCUT2D eigenvalue weighted by molar-refractivity contribution is -0.772. The zero-order chi connectivity index (χ0) is 26.2. The second-order valence-corrected chi connectivity index (χ2v) is 19.5. The maximum absolute atomic E-state index is 13.5. The standard InChI is InChI=1S/C26H41N5O4SSi/c1-37(2,3)15-14-35-18-31-25(27-24-22-8-4-6-20(22)16-21-7-5-9-23(21)24)28-26(29-31)36(33,34)30-12-10-19(17-32)11-13-30/h16,19,32H,4-15,17-18H2,1-3H3,(H,27,28,29)/p+1. The highest BCUT2D eigenvalue weighted by Gasteiger charge is 2.37. The van der Waals surface area contributed by atoms with Gasteiger partial charge in [0.15, 0.2) is 6.73 Å². The molecule has 1 fully saturated rings. The van der Waals surface area contributed by atoms with E-state index in [0.29, 0.717) is 38.5 Å². The summed E-state index contributed by atoms with van der Waals surface area (Å²) in [5.74, 6) is 0.637. The molecular formula is C26H42N5O4SSi+. The molecule has 0 radical (unpaired) electrons. The van der Waals surface area contributed by atoms with Crippen molar-refractivity contribution in [3.63, 3.8) is 0 Å². The largest absolute Gasteiger partial charge is 0.419 e. The topological polar surface area (TPSA) is 111 Å². The SMILES string of the molecule is C[Si](C)(C)CCOC[n+]1[nH]c(S(=O)(=O)N2CCC(CO)CC2)nc1Nc1c2c(cc3c1CCC3)CCC2. The van der Waals surface area contributed by atoms with Crippen molar-refractivity contribution in [2.24, 2.45) is 5.92 Å². The summed E-state index contributed by atoms with van der Waals surface area (Å²) in [6, 6.07) is 3.43. The van der Waals surface area contributed by atoms with E-state index in [1.807, 2.05) is 0 Å². The Hall–Kier alpha value is -1.79. The van der Waals surface area contributed by atoms with E-state index in [2.05, 4.69) is 41.1 Å². The maximum atomic E-state index is 13.5. The zero-order valence-corrected chi connectivity index (χ0v) is 24.3. The number of piperidine rings is 1. The molecule has 0 saturated carbocycles. The van der Waals surface area contributed by atoms with Crippen molar-refractivity contribution in [3.05, 3.63) is 28.3 Å². The number of nitrogens with zero attached hydrogens (tertiary/aromatic N) is 3. The fourth-order valence-electron chi connectivity index (χ4n) is 5.72. The molecule has 0 spiro atoms. The Bertz CT molecular complexity index is 1200. The molecule has 11 heteroatoms. The van der Waals surface area contributed by atoms with Gasteiger partial charge in [0.2, 0.25) is 0 Å². The second-order valence-electron chi connectivity index (χ2n) is 12.0. The van der Waals surface area contributed by atoms with Gasteiger partial charge in [-0.15, -0.1) is 4.68 Å². The molecule has 37 heavy (non-hydrogen) atoms. The van der Waals surface area contributed by atoms with Gasteiger partial charge in [-0.25, -0.2) is 18.8 Å². The number of hydrogen-bond acceptors (Lipinski definition) is 6. The summed E-state index contributed by atoms with van der Waals surface area (Å²) >= 11 is 0. The molecule has 5 rings (SSSR count). The maximum Gasteiger partial charge on any atom is 0.419 e. The van der Waals surface area contributed by atoms with Crippen LogP contribution >= 0.6 is 0 Å². The summed E-state index contributed by atoms with van der Waals surface area (Å²) in [5.41, 5.74) is 6.65. The van der Waals surface area contributed by atoms with Crippen molar-refractivity contribution in [1.82, 2.24) is 14.4 Å². The van der Waals surface area contributed by atoms with E-state index in [1.54, 1.807) is 4.68 Å². The summed E-state index contributed by atoms with van der Waals surface area (Å²) < 4.78 is 36.3. The van der Waals surface area contributed by atoms with Gasteiger partial charge in [-0.2, -0.15) is 4.31 Å². The van der Waals surface area contributed by atoms with E-state index in [-0.39, 0.29) is 24.4 Å². The molecule has 1 saturated heterocycles. The number of anilines is 2. The molecular weight excluding hydrogens is 506 g/mol. The van der Waals surface area contributed by atoms with E-state index >= 15 is 0 Å².